The van der Waals surface area contributed by atoms with Crippen molar-refractivity contribution >= 4 is 5.91 Å². The summed E-state index contributed by atoms with van der Waals surface area (Å²) in [4.78, 5) is 10.5. The van der Waals surface area contributed by atoms with E-state index in [0.29, 0.717) is 6.54 Å². The molecule has 0 aliphatic carbocycles. The molecule has 1 rings (SSSR count). The van der Waals surface area contributed by atoms with E-state index >= 15 is 0 Å². The van der Waals surface area contributed by atoms with Gasteiger partial charge in [-0.25, -0.2) is 0 Å². The van der Waals surface area contributed by atoms with Gasteiger partial charge >= 0.3 is 0 Å². The van der Waals surface area contributed by atoms with Crippen LogP contribution < -0.4 is 5.32 Å². The summed E-state index contributed by atoms with van der Waals surface area (Å²) in [5, 5.41) is 6.64. The SMILES string of the molecule is CC(=O)NCc1cnn(C)c1.[HH]. The third-order valence-corrected chi connectivity index (χ3v) is 1.30. The van der Waals surface area contributed by atoms with Crippen molar-refractivity contribution in [2.45, 2.75) is 13.5 Å². The number of amides is 1. The molecule has 0 aliphatic rings. The van der Waals surface area contributed by atoms with E-state index in [9.17, 15) is 4.79 Å². The molecule has 1 heterocycles. The van der Waals surface area contributed by atoms with Crippen molar-refractivity contribution in [1.82, 2.24) is 15.1 Å². The van der Waals surface area contributed by atoms with Gasteiger partial charge in [0.25, 0.3) is 0 Å². The molecule has 0 bridgehead atoms. The minimum absolute atomic E-state index is 0. The molecule has 1 aromatic heterocycles. The Morgan fingerprint density at radius 2 is 2.64 bits per heavy atom. The highest BCUT2D eigenvalue weighted by molar-refractivity contribution is 5.72. The smallest absolute Gasteiger partial charge is 0.217 e. The molecular weight excluding hydrogens is 142 g/mol. The Labute approximate surface area is 66.7 Å². The van der Waals surface area contributed by atoms with Crippen LogP contribution in [0.1, 0.15) is 13.9 Å². The van der Waals surface area contributed by atoms with Crippen molar-refractivity contribution in [2.75, 3.05) is 0 Å². The molecular formula is C7H13N3O. The van der Waals surface area contributed by atoms with Crippen LogP contribution in [0.25, 0.3) is 0 Å². The molecule has 0 atom stereocenters. The van der Waals surface area contributed by atoms with Gasteiger partial charge in [-0.15, -0.1) is 0 Å². The average Bonchev–Trinajstić information content (AvgIpc) is 2.31. The van der Waals surface area contributed by atoms with Crippen LogP contribution in [-0.2, 0) is 18.4 Å². The third-order valence-electron chi connectivity index (χ3n) is 1.30. The van der Waals surface area contributed by atoms with E-state index in [-0.39, 0.29) is 7.33 Å². The maximum atomic E-state index is 10.5. The second-order valence-electron chi connectivity index (χ2n) is 2.43. The molecule has 4 heteroatoms. The Morgan fingerprint density at radius 1 is 1.91 bits per heavy atom. The highest BCUT2D eigenvalue weighted by Crippen LogP contribution is 1.93. The predicted molar refractivity (Wildman–Crippen MR) is 42.8 cm³/mol. The normalized spacial score (nSPS) is 9.64. The second-order valence-corrected chi connectivity index (χ2v) is 2.43. The lowest BCUT2D eigenvalue weighted by Gasteiger charge is -1.96. The summed E-state index contributed by atoms with van der Waals surface area (Å²) >= 11 is 0. The number of nitrogens with zero attached hydrogens (tertiary/aromatic N) is 2. The number of aryl methyl sites for hydroxylation is 1. The molecule has 0 fully saturated rings. The van der Waals surface area contributed by atoms with Gasteiger partial charge in [0.05, 0.1) is 6.20 Å². The van der Waals surface area contributed by atoms with Gasteiger partial charge in [0, 0.05) is 33.7 Å². The third kappa shape index (κ3) is 2.41. The Morgan fingerprint density at radius 3 is 3.09 bits per heavy atom. The summed E-state index contributed by atoms with van der Waals surface area (Å²) in [5.74, 6) is -0.0196. The molecule has 1 aromatic rings. The van der Waals surface area contributed by atoms with E-state index in [2.05, 4.69) is 10.4 Å². The summed E-state index contributed by atoms with van der Waals surface area (Å²) < 4.78 is 1.71. The van der Waals surface area contributed by atoms with Crippen LogP contribution in [0.2, 0.25) is 0 Å². The number of nitrogens with one attached hydrogen (secondary N) is 1. The summed E-state index contributed by atoms with van der Waals surface area (Å²) in [6, 6.07) is 0. The zero-order valence-corrected chi connectivity index (χ0v) is 6.66. The van der Waals surface area contributed by atoms with Crippen LogP contribution in [0.5, 0.6) is 0 Å². The largest absolute Gasteiger partial charge is 0.352 e. The maximum Gasteiger partial charge on any atom is 0.217 e. The summed E-state index contributed by atoms with van der Waals surface area (Å²) in [6.07, 6.45) is 3.60. The number of carbonyl (C=O) groups is 1. The van der Waals surface area contributed by atoms with E-state index in [1.165, 1.54) is 6.92 Å². The fourth-order valence-corrected chi connectivity index (χ4v) is 0.790. The van der Waals surface area contributed by atoms with Crippen LogP contribution in [-0.4, -0.2) is 15.7 Å². The fourth-order valence-electron chi connectivity index (χ4n) is 0.790. The first-order valence-electron chi connectivity index (χ1n) is 3.40. The second kappa shape index (κ2) is 3.18. The Bertz CT molecular complexity index is 259. The minimum Gasteiger partial charge on any atom is -0.352 e. The number of hydrogen-bond donors (Lipinski definition) is 1. The first-order valence-corrected chi connectivity index (χ1v) is 3.40. The van der Waals surface area contributed by atoms with Gasteiger partial charge in [0.15, 0.2) is 0 Å². The highest BCUT2D eigenvalue weighted by atomic mass is 16.1. The van der Waals surface area contributed by atoms with Gasteiger partial charge in [-0.05, 0) is 0 Å². The topological polar surface area (TPSA) is 46.9 Å². The average molecular weight is 155 g/mol. The molecule has 0 saturated heterocycles. The Balaban J connectivity index is 0.00000121. The zero-order chi connectivity index (χ0) is 8.27. The van der Waals surface area contributed by atoms with Gasteiger partial charge in [-0.1, -0.05) is 0 Å². The molecule has 1 amide bonds. The lowest BCUT2D eigenvalue weighted by atomic mass is 10.3. The standard InChI is InChI=1S/C7H11N3O.H2/c1-6(11)8-3-7-4-9-10(2)5-7;/h4-5H,3H2,1-2H3,(H,8,11);1H. The van der Waals surface area contributed by atoms with Crippen molar-refractivity contribution < 1.29 is 6.22 Å². The van der Waals surface area contributed by atoms with Crippen LogP contribution in [0.4, 0.5) is 0 Å². The lowest BCUT2D eigenvalue weighted by Crippen LogP contribution is -2.18. The molecule has 0 saturated carbocycles. The van der Waals surface area contributed by atoms with Crippen molar-refractivity contribution in [3.05, 3.63) is 18.0 Å². The monoisotopic (exact) mass is 155 g/mol. The maximum absolute atomic E-state index is 10.5. The number of hydrogen-bond acceptors (Lipinski definition) is 2. The molecule has 0 spiro atoms. The van der Waals surface area contributed by atoms with E-state index in [4.69, 9.17) is 0 Å². The van der Waals surface area contributed by atoms with Crippen LogP contribution >= 0.6 is 0 Å². The zero-order valence-electron chi connectivity index (χ0n) is 6.66. The molecule has 0 radical (unpaired) electrons. The molecule has 11 heavy (non-hydrogen) atoms. The molecule has 0 aromatic carbocycles. The van der Waals surface area contributed by atoms with E-state index in [1.807, 2.05) is 13.2 Å². The molecule has 4 nitrogen and oxygen atoms in total. The highest BCUT2D eigenvalue weighted by Gasteiger charge is 1.95. The van der Waals surface area contributed by atoms with Crippen LogP contribution in [0.15, 0.2) is 12.4 Å². The molecule has 62 valence electrons. The minimum atomic E-state index is -0.0196. The fraction of sp³-hybridized carbons (Fsp3) is 0.429. The van der Waals surface area contributed by atoms with Crippen LogP contribution in [0, 0.1) is 0 Å². The van der Waals surface area contributed by atoms with E-state index in [0.717, 1.165) is 5.56 Å². The van der Waals surface area contributed by atoms with Gasteiger partial charge in [-0.2, -0.15) is 5.10 Å². The summed E-state index contributed by atoms with van der Waals surface area (Å²) in [7, 11) is 1.84. The molecule has 0 unspecified atom stereocenters. The number of carbonyl (C=O) groups excluding carboxylic acids is 1. The van der Waals surface area contributed by atoms with Crippen molar-refractivity contribution in [3.8, 4) is 0 Å². The molecule has 1 N–H and O–H groups in total. The van der Waals surface area contributed by atoms with E-state index < -0.39 is 0 Å². The van der Waals surface area contributed by atoms with E-state index in [1.54, 1.807) is 10.9 Å². The predicted octanol–water partition coefficient (Wildman–Crippen LogP) is 0.302. The first kappa shape index (κ1) is 7.78. The molecule has 0 aliphatic heterocycles. The van der Waals surface area contributed by atoms with Gasteiger partial charge in [0.1, 0.15) is 0 Å². The summed E-state index contributed by atoms with van der Waals surface area (Å²) in [5.41, 5.74) is 1.02. The van der Waals surface area contributed by atoms with Gasteiger partial charge in [-0.3, -0.25) is 9.48 Å². The Kier molecular flexibility index (Phi) is 2.25. The summed E-state index contributed by atoms with van der Waals surface area (Å²) in [6.45, 7) is 2.06. The van der Waals surface area contributed by atoms with Crippen molar-refractivity contribution in [3.63, 3.8) is 0 Å². The number of aromatic nitrogens is 2. The van der Waals surface area contributed by atoms with Gasteiger partial charge < -0.3 is 5.32 Å². The first-order chi connectivity index (χ1) is 5.18. The van der Waals surface area contributed by atoms with Crippen LogP contribution in [0.3, 0.4) is 0 Å². The lowest BCUT2D eigenvalue weighted by molar-refractivity contribution is -0.119. The van der Waals surface area contributed by atoms with Crippen molar-refractivity contribution in [1.29, 1.82) is 0 Å². The number of rotatable bonds is 2. The Hall–Kier alpha value is -1.32. The van der Waals surface area contributed by atoms with Gasteiger partial charge in [0.2, 0.25) is 5.91 Å². The van der Waals surface area contributed by atoms with Crippen molar-refractivity contribution in [2.24, 2.45) is 7.05 Å². The quantitative estimate of drug-likeness (QED) is 0.667.